The number of rotatable bonds is 2. The summed E-state index contributed by atoms with van der Waals surface area (Å²) in [5.41, 5.74) is 1.88. The maximum absolute atomic E-state index is 12.3. The number of aromatic nitrogens is 1. The van der Waals surface area contributed by atoms with E-state index in [1.807, 2.05) is 24.3 Å². The molecule has 0 radical (unpaired) electrons. The van der Waals surface area contributed by atoms with Crippen LogP contribution in [0.25, 0.3) is 10.2 Å². The third-order valence-corrected chi connectivity index (χ3v) is 3.78. The Morgan fingerprint density at radius 2 is 1.95 bits per heavy atom. The van der Waals surface area contributed by atoms with Gasteiger partial charge in [-0.1, -0.05) is 30.3 Å². The van der Waals surface area contributed by atoms with Crippen molar-refractivity contribution in [1.82, 2.24) is 4.98 Å². The zero-order valence-electron chi connectivity index (χ0n) is 9.83. The molecule has 0 amide bonds. The molecule has 3 nitrogen and oxygen atoms in total. The van der Waals surface area contributed by atoms with Crippen LogP contribution in [0, 0.1) is 11.3 Å². The normalized spacial score (nSPS) is 10.3. The van der Waals surface area contributed by atoms with E-state index in [0.717, 1.165) is 4.70 Å². The van der Waals surface area contributed by atoms with Gasteiger partial charge in [0.15, 0.2) is 5.01 Å². The molecule has 0 aliphatic rings. The van der Waals surface area contributed by atoms with Crippen LogP contribution in [-0.4, -0.2) is 10.8 Å². The number of benzene rings is 2. The van der Waals surface area contributed by atoms with Gasteiger partial charge in [-0.15, -0.1) is 11.3 Å². The van der Waals surface area contributed by atoms with E-state index < -0.39 is 0 Å². The van der Waals surface area contributed by atoms with Crippen LogP contribution in [0.2, 0.25) is 0 Å². The van der Waals surface area contributed by atoms with E-state index in [1.54, 1.807) is 24.3 Å². The summed E-state index contributed by atoms with van der Waals surface area (Å²) in [6, 6.07) is 16.4. The lowest BCUT2D eigenvalue weighted by atomic mass is 10.1. The van der Waals surface area contributed by atoms with Gasteiger partial charge >= 0.3 is 0 Å². The summed E-state index contributed by atoms with van der Waals surface area (Å²) in [5, 5.41) is 9.30. The Kier molecular flexibility index (Phi) is 2.82. The number of carbonyl (C=O) groups excluding carboxylic acids is 1. The van der Waals surface area contributed by atoms with Crippen LogP contribution in [0.1, 0.15) is 20.9 Å². The van der Waals surface area contributed by atoms with Crippen LogP contribution in [0.5, 0.6) is 0 Å². The number of nitriles is 1. The minimum absolute atomic E-state index is 0.0830. The monoisotopic (exact) mass is 264 g/mol. The van der Waals surface area contributed by atoms with E-state index in [2.05, 4.69) is 11.1 Å². The fourth-order valence-corrected chi connectivity index (χ4v) is 2.72. The minimum atomic E-state index is -0.0830. The lowest BCUT2D eigenvalue weighted by molar-refractivity contribution is 0.103. The molecule has 0 fully saturated rings. The molecule has 4 heteroatoms. The van der Waals surface area contributed by atoms with Gasteiger partial charge in [0.25, 0.3) is 0 Å². The van der Waals surface area contributed by atoms with Crippen molar-refractivity contribution < 1.29 is 4.79 Å². The number of carbonyl (C=O) groups is 1. The average molecular weight is 264 g/mol. The molecule has 19 heavy (non-hydrogen) atoms. The van der Waals surface area contributed by atoms with Crippen molar-refractivity contribution in [3.8, 4) is 6.07 Å². The molecule has 3 rings (SSSR count). The number of hydrogen-bond donors (Lipinski definition) is 0. The van der Waals surface area contributed by atoms with Gasteiger partial charge in [-0.05, 0) is 18.2 Å². The Balaban J connectivity index is 2.07. The Bertz CT molecular complexity index is 800. The van der Waals surface area contributed by atoms with Crippen molar-refractivity contribution in [2.24, 2.45) is 0 Å². The van der Waals surface area contributed by atoms with Crippen molar-refractivity contribution in [2.75, 3.05) is 0 Å². The van der Waals surface area contributed by atoms with E-state index in [0.29, 0.717) is 21.7 Å². The van der Waals surface area contributed by atoms with E-state index in [-0.39, 0.29) is 5.78 Å². The molecular weight excluding hydrogens is 256 g/mol. The lowest BCUT2D eigenvalue weighted by Gasteiger charge is -1.94. The van der Waals surface area contributed by atoms with Gasteiger partial charge in [-0.25, -0.2) is 4.98 Å². The molecule has 0 aliphatic heterocycles. The fourth-order valence-electron chi connectivity index (χ4n) is 1.81. The third kappa shape index (κ3) is 2.12. The summed E-state index contributed by atoms with van der Waals surface area (Å²) in [4.78, 5) is 16.6. The number of hydrogen-bond acceptors (Lipinski definition) is 4. The predicted octanol–water partition coefficient (Wildman–Crippen LogP) is 3.40. The summed E-state index contributed by atoms with van der Waals surface area (Å²) >= 11 is 1.35. The summed E-state index contributed by atoms with van der Waals surface area (Å²) < 4.78 is 0.915. The molecule has 0 saturated heterocycles. The standard InChI is InChI=1S/C15H8N2OS/c16-9-10-6-7-13-12(8-10)17-15(19-13)14(18)11-4-2-1-3-5-11/h1-8H. The molecular formula is C15H8N2OS. The highest BCUT2D eigenvalue weighted by Crippen LogP contribution is 2.24. The topological polar surface area (TPSA) is 53.8 Å². The SMILES string of the molecule is N#Cc1ccc2sc(C(=O)c3ccccc3)nc2c1. The average Bonchev–Trinajstić information content (AvgIpc) is 2.90. The van der Waals surface area contributed by atoms with Crippen molar-refractivity contribution in [3.63, 3.8) is 0 Å². The first-order valence-corrected chi connectivity index (χ1v) is 6.50. The molecule has 0 saturated carbocycles. The summed E-state index contributed by atoms with van der Waals surface area (Å²) in [5.74, 6) is -0.0830. The zero-order valence-corrected chi connectivity index (χ0v) is 10.6. The highest BCUT2D eigenvalue weighted by Gasteiger charge is 2.14. The number of ketones is 1. The second-order valence-corrected chi connectivity index (χ2v) is 5.04. The zero-order chi connectivity index (χ0) is 13.2. The first-order valence-electron chi connectivity index (χ1n) is 5.68. The van der Waals surface area contributed by atoms with Gasteiger partial charge in [-0.3, -0.25) is 4.79 Å². The first-order chi connectivity index (χ1) is 9.28. The molecule has 0 spiro atoms. The molecule has 2 aromatic carbocycles. The molecule has 3 aromatic rings. The van der Waals surface area contributed by atoms with Gasteiger partial charge in [-0.2, -0.15) is 5.26 Å². The molecule has 90 valence electrons. The predicted molar refractivity (Wildman–Crippen MR) is 74.2 cm³/mol. The Hall–Kier alpha value is -2.51. The molecule has 0 aliphatic carbocycles. The van der Waals surface area contributed by atoms with Gasteiger partial charge in [0.1, 0.15) is 0 Å². The Labute approximate surface area is 113 Å². The maximum atomic E-state index is 12.3. The minimum Gasteiger partial charge on any atom is -0.286 e. The Morgan fingerprint density at radius 3 is 2.68 bits per heavy atom. The molecule has 1 aromatic heterocycles. The van der Waals surface area contributed by atoms with Gasteiger partial charge in [0, 0.05) is 5.56 Å². The van der Waals surface area contributed by atoms with Crippen LogP contribution >= 0.6 is 11.3 Å². The van der Waals surface area contributed by atoms with E-state index in [4.69, 9.17) is 5.26 Å². The van der Waals surface area contributed by atoms with Gasteiger partial charge in [0.2, 0.25) is 5.78 Å². The number of fused-ring (bicyclic) bond motifs is 1. The summed E-state index contributed by atoms with van der Waals surface area (Å²) in [6.45, 7) is 0. The van der Waals surface area contributed by atoms with E-state index in [9.17, 15) is 4.79 Å². The summed E-state index contributed by atoms with van der Waals surface area (Å²) in [7, 11) is 0. The number of thiazole rings is 1. The second kappa shape index (κ2) is 4.63. The van der Waals surface area contributed by atoms with Gasteiger partial charge < -0.3 is 0 Å². The van der Waals surface area contributed by atoms with Crippen LogP contribution in [0.15, 0.2) is 48.5 Å². The van der Waals surface area contributed by atoms with Crippen molar-refractivity contribution in [2.45, 2.75) is 0 Å². The van der Waals surface area contributed by atoms with Crippen molar-refractivity contribution in [3.05, 3.63) is 64.7 Å². The molecule has 0 atom stereocenters. The molecule has 0 N–H and O–H groups in total. The molecule has 0 unspecified atom stereocenters. The summed E-state index contributed by atoms with van der Waals surface area (Å²) in [6.07, 6.45) is 0. The van der Waals surface area contributed by atoms with Crippen LogP contribution in [0.3, 0.4) is 0 Å². The first kappa shape index (κ1) is 11.6. The van der Waals surface area contributed by atoms with Gasteiger partial charge in [0.05, 0.1) is 21.8 Å². The van der Waals surface area contributed by atoms with Crippen LogP contribution in [0.4, 0.5) is 0 Å². The highest BCUT2D eigenvalue weighted by atomic mass is 32.1. The van der Waals surface area contributed by atoms with Crippen molar-refractivity contribution >= 4 is 27.3 Å². The Morgan fingerprint density at radius 1 is 1.16 bits per heavy atom. The largest absolute Gasteiger partial charge is 0.286 e. The molecule has 0 bridgehead atoms. The third-order valence-electron chi connectivity index (χ3n) is 2.75. The number of nitrogens with zero attached hydrogens (tertiary/aromatic N) is 2. The maximum Gasteiger partial charge on any atom is 0.221 e. The highest BCUT2D eigenvalue weighted by molar-refractivity contribution is 7.20. The van der Waals surface area contributed by atoms with Crippen molar-refractivity contribution in [1.29, 1.82) is 5.26 Å². The second-order valence-electron chi connectivity index (χ2n) is 4.01. The van der Waals surface area contributed by atoms with Crippen LogP contribution < -0.4 is 0 Å². The smallest absolute Gasteiger partial charge is 0.221 e. The van der Waals surface area contributed by atoms with E-state index in [1.165, 1.54) is 11.3 Å². The fraction of sp³-hybridized carbons (Fsp3) is 0. The lowest BCUT2D eigenvalue weighted by Crippen LogP contribution is -1.99. The van der Waals surface area contributed by atoms with Crippen LogP contribution in [-0.2, 0) is 0 Å². The van der Waals surface area contributed by atoms with E-state index >= 15 is 0 Å². The quantitative estimate of drug-likeness (QED) is 0.666. The molecule has 1 heterocycles.